The van der Waals surface area contributed by atoms with Crippen LogP contribution >= 0.6 is 0 Å². The lowest BCUT2D eigenvalue weighted by molar-refractivity contribution is -0.132. The van der Waals surface area contributed by atoms with E-state index in [-0.39, 0.29) is 12.0 Å². The summed E-state index contributed by atoms with van der Waals surface area (Å²) in [7, 11) is 0. The summed E-state index contributed by atoms with van der Waals surface area (Å²) < 4.78 is 11.3. The maximum absolute atomic E-state index is 9.59. The van der Waals surface area contributed by atoms with Gasteiger partial charge in [0.25, 0.3) is 0 Å². The van der Waals surface area contributed by atoms with Crippen LogP contribution in [0.25, 0.3) is 0 Å². The van der Waals surface area contributed by atoms with E-state index in [0.717, 1.165) is 36.8 Å². The van der Waals surface area contributed by atoms with Crippen molar-refractivity contribution in [1.82, 2.24) is 10.6 Å². The Morgan fingerprint density at radius 2 is 2.11 bits per heavy atom. The Bertz CT molecular complexity index is 622. The topological polar surface area (TPSA) is 75.1 Å². The number of benzene rings is 1. The molecule has 28 heavy (non-hydrogen) atoms. The van der Waals surface area contributed by atoms with Crippen molar-refractivity contribution >= 4 is 5.96 Å². The summed E-state index contributed by atoms with van der Waals surface area (Å²) in [5.74, 6) is 2.36. The zero-order valence-electron chi connectivity index (χ0n) is 17.9. The monoisotopic (exact) mass is 391 g/mol. The van der Waals surface area contributed by atoms with Crippen LogP contribution in [0, 0.1) is 18.3 Å². The molecule has 0 bridgehead atoms. The lowest BCUT2D eigenvalue weighted by atomic mass is 9.87. The van der Waals surface area contributed by atoms with E-state index >= 15 is 0 Å². The van der Waals surface area contributed by atoms with E-state index < -0.39 is 0 Å². The average Bonchev–Trinajstić information content (AvgIpc) is 2.63. The van der Waals surface area contributed by atoms with Gasteiger partial charge in [0.05, 0.1) is 38.4 Å². The predicted molar refractivity (Wildman–Crippen MR) is 114 cm³/mol. The minimum absolute atomic E-state index is 0.117. The van der Waals surface area contributed by atoms with Gasteiger partial charge in [-0.25, -0.2) is 4.99 Å². The van der Waals surface area contributed by atoms with Gasteiger partial charge < -0.3 is 25.2 Å². The molecule has 6 heteroatoms. The van der Waals surface area contributed by atoms with Gasteiger partial charge in [0.15, 0.2) is 5.96 Å². The minimum atomic E-state index is -0.190. The third kappa shape index (κ3) is 6.99. The molecule has 2 rings (SSSR count). The molecule has 1 aliphatic heterocycles. The Hall–Kier alpha value is -1.79. The van der Waals surface area contributed by atoms with Crippen molar-refractivity contribution in [2.45, 2.75) is 47.1 Å². The fourth-order valence-electron chi connectivity index (χ4n) is 3.02. The molecule has 1 aliphatic rings. The van der Waals surface area contributed by atoms with Crippen molar-refractivity contribution in [2.75, 3.05) is 39.5 Å². The van der Waals surface area contributed by atoms with Crippen LogP contribution in [0.15, 0.2) is 23.2 Å². The number of aliphatic hydroxyl groups is 1. The number of hydrogen-bond donors (Lipinski definition) is 3. The van der Waals surface area contributed by atoms with Crippen LogP contribution in [-0.2, 0) is 11.3 Å². The first-order chi connectivity index (χ1) is 13.5. The zero-order chi connectivity index (χ0) is 20.4. The number of aliphatic hydroxyl groups excluding tert-OH is 1. The molecule has 158 valence electrons. The number of guanidine groups is 1. The van der Waals surface area contributed by atoms with Gasteiger partial charge in [0, 0.05) is 18.7 Å². The third-order valence-electron chi connectivity index (χ3n) is 4.94. The van der Waals surface area contributed by atoms with Gasteiger partial charge in [-0.15, -0.1) is 0 Å². The Kier molecular flexibility index (Phi) is 9.06. The highest BCUT2D eigenvalue weighted by Gasteiger charge is 2.38. The van der Waals surface area contributed by atoms with Gasteiger partial charge in [-0.1, -0.05) is 26.0 Å². The highest BCUT2D eigenvalue weighted by Crippen LogP contribution is 2.25. The number of ether oxygens (including phenoxy) is 2. The molecular weight excluding hydrogens is 354 g/mol. The molecule has 6 nitrogen and oxygen atoms in total. The molecule has 1 aromatic carbocycles. The molecule has 1 fully saturated rings. The molecule has 0 radical (unpaired) electrons. The van der Waals surface area contributed by atoms with E-state index in [1.54, 1.807) is 0 Å². The highest BCUT2D eigenvalue weighted by molar-refractivity contribution is 5.79. The largest absolute Gasteiger partial charge is 0.493 e. The summed E-state index contributed by atoms with van der Waals surface area (Å²) in [6.07, 6.45) is 2.23. The quantitative estimate of drug-likeness (QED) is 0.307. The summed E-state index contributed by atoms with van der Waals surface area (Å²) in [6.45, 7) is 12.6. The molecule has 0 unspecified atom stereocenters. The number of rotatable bonds is 11. The van der Waals surface area contributed by atoms with Crippen molar-refractivity contribution < 1.29 is 14.6 Å². The van der Waals surface area contributed by atoms with Crippen LogP contribution in [0.5, 0.6) is 5.75 Å². The van der Waals surface area contributed by atoms with E-state index in [4.69, 9.17) is 14.5 Å². The van der Waals surface area contributed by atoms with Crippen molar-refractivity contribution in [3.8, 4) is 5.75 Å². The van der Waals surface area contributed by atoms with Gasteiger partial charge in [-0.05, 0) is 44.2 Å². The molecule has 0 atom stereocenters. The Labute approximate surface area is 169 Å². The number of nitrogens with zero attached hydrogens (tertiary/aromatic N) is 1. The van der Waals surface area contributed by atoms with E-state index in [1.807, 2.05) is 6.92 Å². The third-order valence-corrected chi connectivity index (χ3v) is 4.94. The van der Waals surface area contributed by atoms with Crippen molar-refractivity contribution in [3.63, 3.8) is 0 Å². The molecule has 3 N–H and O–H groups in total. The Balaban J connectivity index is 1.98. The predicted octanol–water partition coefficient (Wildman–Crippen LogP) is 2.87. The Morgan fingerprint density at radius 1 is 1.32 bits per heavy atom. The van der Waals surface area contributed by atoms with E-state index in [9.17, 15) is 5.11 Å². The van der Waals surface area contributed by atoms with Gasteiger partial charge >= 0.3 is 0 Å². The first-order valence-corrected chi connectivity index (χ1v) is 10.4. The van der Waals surface area contributed by atoms with Gasteiger partial charge in [0.1, 0.15) is 5.75 Å². The zero-order valence-corrected chi connectivity index (χ0v) is 17.9. The van der Waals surface area contributed by atoms with E-state index in [1.165, 1.54) is 12.0 Å². The second-order valence-corrected chi connectivity index (χ2v) is 8.20. The van der Waals surface area contributed by atoms with Crippen molar-refractivity contribution in [3.05, 3.63) is 29.3 Å². The fourth-order valence-corrected chi connectivity index (χ4v) is 3.02. The lowest BCUT2D eigenvalue weighted by Gasteiger charge is -2.40. The number of nitrogens with one attached hydrogen (secondary N) is 2. The van der Waals surface area contributed by atoms with Crippen molar-refractivity contribution in [2.24, 2.45) is 16.3 Å². The van der Waals surface area contributed by atoms with Gasteiger partial charge in [-0.2, -0.15) is 0 Å². The molecule has 0 aliphatic carbocycles. The SMILES string of the molecule is CCNC(=NCc1ccc(C)cc1OCCCC(C)C)NCC1(CO)COC1. The first kappa shape index (κ1) is 22.5. The summed E-state index contributed by atoms with van der Waals surface area (Å²) in [5.41, 5.74) is 2.08. The molecule has 1 saturated heterocycles. The van der Waals surface area contributed by atoms with Crippen LogP contribution < -0.4 is 15.4 Å². The molecule has 0 aromatic heterocycles. The van der Waals surface area contributed by atoms with Crippen molar-refractivity contribution in [1.29, 1.82) is 0 Å². The summed E-state index contributed by atoms with van der Waals surface area (Å²) in [6, 6.07) is 6.28. The molecule has 0 spiro atoms. The highest BCUT2D eigenvalue weighted by atomic mass is 16.5. The number of aryl methyl sites for hydroxylation is 1. The Morgan fingerprint density at radius 3 is 2.71 bits per heavy atom. The molecule has 0 saturated carbocycles. The summed E-state index contributed by atoms with van der Waals surface area (Å²) in [5, 5.41) is 16.2. The van der Waals surface area contributed by atoms with E-state index in [2.05, 4.69) is 49.6 Å². The first-order valence-electron chi connectivity index (χ1n) is 10.4. The summed E-state index contributed by atoms with van der Waals surface area (Å²) in [4.78, 5) is 4.72. The van der Waals surface area contributed by atoms with E-state index in [0.29, 0.717) is 32.2 Å². The molecule has 1 heterocycles. The number of hydrogen-bond acceptors (Lipinski definition) is 4. The smallest absolute Gasteiger partial charge is 0.191 e. The van der Waals surface area contributed by atoms with Crippen LogP contribution in [0.3, 0.4) is 0 Å². The average molecular weight is 392 g/mol. The normalized spacial score (nSPS) is 16.0. The molecule has 1 aromatic rings. The second kappa shape index (κ2) is 11.3. The van der Waals surface area contributed by atoms with Crippen LogP contribution in [0.4, 0.5) is 0 Å². The van der Waals surface area contributed by atoms with Crippen LogP contribution in [0.1, 0.15) is 44.7 Å². The van der Waals surface area contributed by atoms with Crippen LogP contribution in [-0.4, -0.2) is 50.6 Å². The van der Waals surface area contributed by atoms with Gasteiger partial charge in [0.2, 0.25) is 0 Å². The van der Waals surface area contributed by atoms with Gasteiger partial charge in [-0.3, -0.25) is 0 Å². The molecular formula is C22H37N3O3. The second-order valence-electron chi connectivity index (χ2n) is 8.20. The fraction of sp³-hybridized carbons (Fsp3) is 0.682. The minimum Gasteiger partial charge on any atom is -0.493 e. The maximum atomic E-state index is 9.59. The lowest BCUT2D eigenvalue weighted by Crippen LogP contribution is -2.54. The standard InChI is InChI=1S/C22H37N3O3/c1-5-23-21(25-13-22(14-26)15-27-16-22)24-12-19-9-8-18(4)11-20(19)28-10-6-7-17(2)3/h8-9,11,17,26H,5-7,10,12-16H2,1-4H3,(H2,23,24,25). The van der Waals surface area contributed by atoms with Crippen LogP contribution in [0.2, 0.25) is 0 Å². The molecule has 0 amide bonds. The number of aliphatic imine (C=N–C) groups is 1. The maximum Gasteiger partial charge on any atom is 0.191 e. The summed E-state index contributed by atoms with van der Waals surface area (Å²) >= 11 is 0.